The van der Waals surface area contributed by atoms with Crippen LogP contribution in [-0.2, 0) is 18.9 Å². The molecule has 58 heavy (non-hydrogen) atoms. The van der Waals surface area contributed by atoms with Gasteiger partial charge < -0.3 is 28.4 Å². The Balaban J connectivity index is 1.56. The molecule has 2 aromatic heterocycles. The maximum Gasteiger partial charge on any atom is 0.357 e. The quantitative estimate of drug-likeness (QED) is 0.0895. The molecular weight excluding hydrogens is 821 g/mol. The second kappa shape index (κ2) is 32.0. The summed E-state index contributed by atoms with van der Waals surface area (Å²) in [7, 11) is 0. The van der Waals surface area contributed by atoms with Gasteiger partial charge in [-0.1, -0.05) is 78.1 Å². The van der Waals surface area contributed by atoms with Crippen LogP contribution < -0.4 is 9.47 Å². The number of aromatic nitrogens is 2. The van der Waals surface area contributed by atoms with E-state index < -0.39 is 23.9 Å². The van der Waals surface area contributed by atoms with E-state index in [0.29, 0.717) is 47.7 Å². The van der Waals surface area contributed by atoms with Crippen LogP contribution in [0, 0.1) is 0 Å². The lowest BCUT2D eigenvalue weighted by Gasteiger charge is -2.11. The Morgan fingerprint density at radius 3 is 1.00 bits per heavy atom. The van der Waals surface area contributed by atoms with Crippen LogP contribution in [0.25, 0.3) is 0 Å². The first-order chi connectivity index (χ1) is 28.4. The zero-order chi connectivity index (χ0) is 41.5. The predicted molar refractivity (Wildman–Crippen MR) is 237 cm³/mol. The van der Waals surface area contributed by atoms with E-state index in [4.69, 9.17) is 28.4 Å². The molecule has 0 amide bonds. The number of cyclic esters (lactones) is 4. The summed E-state index contributed by atoms with van der Waals surface area (Å²) in [6.07, 6.45) is 13.3. The van der Waals surface area contributed by atoms with Gasteiger partial charge in [-0.25, -0.2) is 29.1 Å². The molecule has 12 nitrogen and oxygen atoms in total. The SMILES string of the molecule is CCCCCCCCOc1cc2nc(c1)C(=O)OCCSCCSCCOC(=O)c1cc(OCCCCCCCC)cc(n1)C(=O)OCCSCCSCCOC2=O. The predicted octanol–water partition coefficient (Wildman–Crippen LogP) is 9.23. The summed E-state index contributed by atoms with van der Waals surface area (Å²) in [4.78, 5) is 60.5. The maximum absolute atomic E-state index is 13.0. The highest BCUT2D eigenvalue weighted by atomic mass is 32.2. The van der Waals surface area contributed by atoms with Gasteiger partial charge in [0.2, 0.25) is 0 Å². The molecule has 0 N–H and O–H groups in total. The molecule has 1 aliphatic heterocycles. The van der Waals surface area contributed by atoms with E-state index in [9.17, 15) is 19.2 Å². The van der Waals surface area contributed by atoms with Crippen LogP contribution in [0.15, 0.2) is 24.3 Å². The number of ether oxygens (including phenoxy) is 6. The topological polar surface area (TPSA) is 149 Å². The van der Waals surface area contributed by atoms with E-state index in [1.165, 1.54) is 62.8 Å². The Hall–Kier alpha value is -2.82. The fraction of sp³-hybridized carbons (Fsp3) is 0.667. The summed E-state index contributed by atoms with van der Waals surface area (Å²) in [5, 5.41) is 0. The Kier molecular flexibility index (Phi) is 27.3. The van der Waals surface area contributed by atoms with Crippen molar-refractivity contribution < 1.29 is 47.6 Å². The van der Waals surface area contributed by atoms with Gasteiger partial charge in [0.15, 0.2) is 22.8 Å². The Morgan fingerprint density at radius 2 is 0.707 bits per heavy atom. The van der Waals surface area contributed by atoms with E-state index in [0.717, 1.165) is 61.5 Å². The monoisotopic (exact) mass is 882 g/mol. The average Bonchev–Trinajstić information content (AvgIpc) is 3.23. The molecule has 0 fully saturated rings. The van der Waals surface area contributed by atoms with Gasteiger partial charge in [-0.3, -0.25) is 0 Å². The molecule has 4 bridgehead atoms. The van der Waals surface area contributed by atoms with E-state index in [1.807, 2.05) is 0 Å². The van der Waals surface area contributed by atoms with E-state index in [-0.39, 0.29) is 49.2 Å². The van der Waals surface area contributed by atoms with Crippen molar-refractivity contribution in [1.82, 2.24) is 9.97 Å². The first-order valence-electron chi connectivity index (χ1n) is 20.7. The summed E-state index contributed by atoms with van der Waals surface area (Å²) in [5.74, 6) is 3.75. The van der Waals surface area contributed by atoms with Gasteiger partial charge in [-0.15, -0.1) is 0 Å². The number of nitrogens with zero attached hydrogens (tertiary/aromatic N) is 2. The highest BCUT2D eigenvalue weighted by Crippen LogP contribution is 2.20. The minimum Gasteiger partial charge on any atom is -0.493 e. The molecule has 0 saturated carbocycles. The molecule has 324 valence electrons. The van der Waals surface area contributed by atoms with Crippen LogP contribution in [0.3, 0.4) is 0 Å². The molecule has 0 atom stereocenters. The molecule has 3 rings (SSSR count). The van der Waals surface area contributed by atoms with Crippen LogP contribution in [0.5, 0.6) is 11.5 Å². The number of hydrogen-bond donors (Lipinski definition) is 0. The first-order valence-corrected chi connectivity index (χ1v) is 25.3. The van der Waals surface area contributed by atoms with Crippen molar-refractivity contribution in [3.05, 3.63) is 47.0 Å². The number of carbonyl (C=O) groups is 4. The Bertz CT molecular complexity index is 1310. The van der Waals surface area contributed by atoms with Crippen molar-refractivity contribution >= 4 is 70.9 Å². The number of fused-ring (bicyclic) bond motifs is 4. The normalized spacial score (nSPS) is 16.3. The van der Waals surface area contributed by atoms with E-state index in [1.54, 1.807) is 47.0 Å². The van der Waals surface area contributed by atoms with Crippen LogP contribution in [0.4, 0.5) is 0 Å². The second-order valence-corrected chi connectivity index (χ2v) is 18.3. The standard InChI is InChI=1S/C42H62N2O10S4/c1-3-5-7-9-11-13-15-49-33-29-35-39(45)51-17-21-55-25-27-57-23-19-53-41(47)37-31-34(50-16-14-12-10-8-6-4-2)32-38(44-37)42(48)54-20-24-58-28-26-56-22-18-52-40(46)36(30-33)43-35/h29-32H,3-28H2,1-2H3. The summed E-state index contributed by atoms with van der Waals surface area (Å²) < 4.78 is 33.9. The van der Waals surface area contributed by atoms with Crippen molar-refractivity contribution in [2.75, 3.05) is 85.7 Å². The summed E-state index contributed by atoms with van der Waals surface area (Å²) in [6, 6.07) is 6.06. The molecule has 0 aliphatic carbocycles. The van der Waals surface area contributed by atoms with Crippen LogP contribution in [-0.4, -0.2) is 120 Å². The maximum atomic E-state index is 13.0. The Labute approximate surface area is 361 Å². The fourth-order valence-corrected chi connectivity index (χ4v) is 8.96. The molecule has 0 unspecified atom stereocenters. The zero-order valence-electron chi connectivity index (χ0n) is 34.3. The van der Waals surface area contributed by atoms with Crippen LogP contribution in [0.1, 0.15) is 133 Å². The number of carbonyl (C=O) groups excluding carboxylic acids is 4. The Morgan fingerprint density at radius 1 is 0.431 bits per heavy atom. The number of thioether (sulfide) groups is 4. The molecule has 16 heteroatoms. The molecule has 0 spiro atoms. The van der Waals surface area contributed by atoms with Crippen molar-refractivity contribution in [2.24, 2.45) is 0 Å². The third-order valence-corrected chi connectivity index (χ3v) is 12.9. The van der Waals surface area contributed by atoms with E-state index in [2.05, 4.69) is 23.8 Å². The lowest BCUT2D eigenvalue weighted by atomic mass is 10.1. The number of esters is 4. The third-order valence-electron chi connectivity index (χ3n) is 8.55. The highest BCUT2D eigenvalue weighted by Gasteiger charge is 2.20. The zero-order valence-corrected chi connectivity index (χ0v) is 37.6. The second-order valence-electron chi connectivity index (χ2n) is 13.4. The molecule has 3 heterocycles. The van der Waals surface area contributed by atoms with Gasteiger partial charge in [-0.05, 0) is 12.8 Å². The summed E-state index contributed by atoms with van der Waals surface area (Å²) in [6.45, 7) is 6.01. The smallest absolute Gasteiger partial charge is 0.357 e. The molecule has 1 aliphatic rings. The summed E-state index contributed by atoms with van der Waals surface area (Å²) >= 11 is 6.51. The molecule has 0 saturated heterocycles. The number of unbranched alkanes of at least 4 members (excludes halogenated alkanes) is 10. The average molecular weight is 883 g/mol. The number of pyridine rings is 2. The van der Waals surface area contributed by atoms with Gasteiger partial charge in [-0.2, -0.15) is 47.0 Å². The lowest BCUT2D eigenvalue weighted by Crippen LogP contribution is -2.16. The fourth-order valence-electron chi connectivity index (χ4n) is 5.45. The van der Waals surface area contributed by atoms with Crippen LogP contribution >= 0.6 is 47.0 Å². The summed E-state index contributed by atoms with van der Waals surface area (Å²) in [5.41, 5.74) is -0.00710. The van der Waals surface area contributed by atoms with E-state index >= 15 is 0 Å². The minimum absolute atomic E-state index is 0.00178. The van der Waals surface area contributed by atoms with Gasteiger partial charge in [0, 0.05) is 70.3 Å². The van der Waals surface area contributed by atoms with Gasteiger partial charge >= 0.3 is 23.9 Å². The molecular formula is C42H62N2O10S4. The number of rotatable bonds is 16. The highest BCUT2D eigenvalue weighted by molar-refractivity contribution is 8.03. The number of hydrogen-bond acceptors (Lipinski definition) is 16. The lowest BCUT2D eigenvalue weighted by molar-refractivity contribution is 0.0496. The largest absolute Gasteiger partial charge is 0.493 e. The van der Waals surface area contributed by atoms with Crippen molar-refractivity contribution in [3.63, 3.8) is 0 Å². The van der Waals surface area contributed by atoms with Gasteiger partial charge in [0.25, 0.3) is 0 Å². The van der Waals surface area contributed by atoms with Gasteiger partial charge in [0.1, 0.15) is 37.9 Å². The first kappa shape index (κ1) is 49.5. The van der Waals surface area contributed by atoms with Gasteiger partial charge in [0.05, 0.1) is 13.2 Å². The van der Waals surface area contributed by atoms with Crippen molar-refractivity contribution in [3.8, 4) is 11.5 Å². The van der Waals surface area contributed by atoms with Crippen molar-refractivity contribution in [1.29, 1.82) is 0 Å². The third kappa shape index (κ3) is 22.0. The molecule has 2 aromatic rings. The molecule has 0 aromatic carbocycles. The van der Waals surface area contributed by atoms with Crippen molar-refractivity contribution in [2.45, 2.75) is 90.9 Å². The minimum atomic E-state index is -0.630. The molecule has 0 radical (unpaired) electrons. The van der Waals surface area contributed by atoms with Crippen LogP contribution in [0.2, 0.25) is 0 Å².